The minimum Gasteiger partial charge on any atom is -0.362 e. The Balaban J connectivity index is 1.70. The summed E-state index contributed by atoms with van der Waals surface area (Å²) in [6, 6.07) is 6.20. The summed E-state index contributed by atoms with van der Waals surface area (Å²) in [5.74, 6) is -0.289. The highest BCUT2D eigenvalue weighted by atomic mass is 79.9. The Morgan fingerprint density at radius 2 is 2.29 bits per heavy atom. The molecule has 0 aliphatic heterocycles. The summed E-state index contributed by atoms with van der Waals surface area (Å²) < 4.78 is 15.9. The van der Waals surface area contributed by atoms with E-state index < -0.39 is 0 Å². The minimum absolute atomic E-state index is 0.289. The molecule has 0 atom stereocenters. The number of nitrogens with zero attached hydrogens (tertiary/aromatic N) is 2. The Bertz CT molecular complexity index is 610. The Morgan fingerprint density at radius 1 is 1.48 bits per heavy atom. The maximum absolute atomic E-state index is 13.0. The fraction of sp³-hybridized carbons (Fsp3) is 0.286. The fourth-order valence-corrected chi connectivity index (χ4v) is 2.33. The number of anilines is 1. The van der Waals surface area contributed by atoms with Gasteiger partial charge in [0.15, 0.2) is 5.11 Å². The van der Waals surface area contributed by atoms with Gasteiger partial charge in [-0.1, -0.05) is 6.07 Å². The highest BCUT2D eigenvalue weighted by molar-refractivity contribution is 9.10. The monoisotopic (exact) mass is 370 g/mol. The van der Waals surface area contributed by atoms with Gasteiger partial charge in [-0.2, -0.15) is 5.10 Å². The van der Waals surface area contributed by atoms with E-state index in [2.05, 4.69) is 31.7 Å². The van der Waals surface area contributed by atoms with Crippen molar-refractivity contribution in [3.63, 3.8) is 0 Å². The number of aryl methyl sites for hydroxylation is 2. The number of nitrogens with one attached hydrogen (secondary N) is 2. The molecule has 0 aliphatic carbocycles. The summed E-state index contributed by atoms with van der Waals surface area (Å²) >= 11 is 8.59. The summed E-state index contributed by atoms with van der Waals surface area (Å²) in [5.41, 5.74) is 1.62. The van der Waals surface area contributed by atoms with E-state index in [1.807, 2.05) is 17.8 Å². The number of aromatic nitrogens is 2. The lowest BCUT2D eigenvalue weighted by atomic mass is 10.3. The molecule has 4 nitrogen and oxygen atoms in total. The highest BCUT2D eigenvalue weighted by Crippen LogP contribution is 2.13. The molecular weight excluding hydrogens is 355 g/mol. The molecule has 0 fully saturated rings. The molecule has 1 aromatic heterocycles. The van der Waals surface area contributed by atoms with E-state index in [0.29, 0.717) is 10.8 Å². The topological polar surface area (TPSA) is 41.9 Å². The van der Waals surface area contributed by atoms with Crippen LogP contribution < -0.4 is 10.6 Å². The summed E-state index contributed by atoms with van der Waals surface area (Å²) in [7, 11) is 0. The second kappa shape index (κ2) is 7.51. The molecule has 0 unspecified atom stereocenters. The molecule has 1 heterocycles. The maximum Gasteiger partial charge on any atom is 0.170 e. The molecule has 0 bridgehead atoms. The minimum atomic E-state index is -0.289. The van der Waals surface area contributed by atoms with Crippen LogP contribution in [0.15, 0.2) is 34.9 Å². The normalized spacial score (nSPS) is 10.4. The lowest BCUT2D eigenvalue weighted by Crippen LogP contribution is -2.29. The van der Waals surface area contributed by atoms with Gasteiger partial charge in [0.1, 0.15) is 5.82 Å². The van der Waals surface area contributed by atoms with E-state index in [0.717, 1.165) is 29.7 Å². The van der Waals surface area contributed by atoms with Crippen LogP contribution in [-0.4, -0.2) is 21.4 Å². The van der Waals surface area contributed by atoms with Crippen molar-refractivity contribution in [2.75, 3.05) is 11.9 Å². The van der Waals surface area contributed by atoms with Crippen LogP contribution in [0.1, 0.15) is 12.1 Å². The molecular formula is C14H16BrFN4S. The lowest BCUT2D eigenvalue weighted by Gasteiger charge is -2.10. The molecule has 0 aliphatic rings. The van der Waals surface area contributed by atoms with E-state index in [1.165, 1.54) is 12.1 Å². The van der Waals surface area contributed by atoms with E-state index in [-0.39, 0.29) is 5.82 Å². The summed E-state index contributed by atoms with van der Waals surface area (Å²) in [6.07, 6.45) is 2.84. The Kier molecular flexibility index (Phi) is 5.69. The van der Waals surface area contributed by atoms with Crippen LogP contribution in [0.4, 0.5) is 10.1 Å². The molecule has 0 amide bonds. The number of rotatable bonds is 5. The summed E-state index contributed by atoms with van der Waals surface area (Å²) in [6.45, 7) is 3.48. The van der Waals surface area contributed by atoms with Crippen molar-refractivity contribution in [2.45, 2.75) is 19.9 Å². The standard InChI is InChI=1S/C14H16BrFN4S/c1-10-13(15)9-20(19-10)7-3-6-17-14(21)18-12-5-2-4-11(16)8-12/h2,4-5,8-9H,3,6-7H2,1H3,(H2,17,18,21). The SMILES string of the molecule is Cc1nn(CCCNC(=S)Nc2cccc(F)c2)cc1Br. The maximum atomic E-state index is 13.0. The van der Waals surface area contributed by atoms with Crippen molar-refractivity contribution < 1.29 is 4.39 Å². The molecule has 112 valence electrons. The van der Waals surface area contributed by atoms with Crippen LogP contribution in [-0.2, 0) is 6.54 Å². The smallest absolute Gasteiger partial charge is 0.170 e. The van der Waals surface area contributed by atoms with Crippen molar-refractivity contribution >= 4 is 38.9 Å². The van der Waals surface area contributed by atoms with Gasteiger partial charge in [0, 0.05) is 25.0 Å². The van der Waals surface area contributed by atoms with Gasteiger partial charge in [0.05, 0.1) is 10.2 Å². The average Bonchev–Trinajstić information content (AvgIpc) is 2.74. The van der Waals surface area contributed by atoms with Gasteiger partial charge in [-0.25, -0.2) is 4.39 Å². The lowest BCUT2D eigenvalue weighted by molar-refractivity contribution is 0.570. The average molecular weight is 371 g/mol. The van der Waals surface area contributed by atoms with E-state index in [9.17, 15) is 4.39 Å². The first-order chi connectivity index (χ1) is 10.0. The van der Waals surface area contributed by atoms with Gasteiger partial charge >= 0.3 is 0 Å². The first-order valence-electron chi connectivity index (χ1n) is 6.54. The van der Waals surface area contributed by atoms with Gasteiger partial charge in [-0.05, 0) is 59.7 Å². The zero-order valence-corrected chi connectivity index (χ0v) is 14.0. The van der Waals surface area contributed by atoms with Crippen LogP contribution in [0.5, 0.6) is 0 Å². The van der Waals surface area contributed by atoms with Crippen LogP contribution in [0, 0.1) is 12.7 Å². The number of hydrogen-bond donors (Lipinski definition) is 2. The fourth-order valence-electron chi connectivity index (χ4n) is 1.79. The number of thiocarbonyl (C=S) groups is 1. The third-order valence-corrected chi connectivity index (χ3v) is 3.84. The van der Waals surface area contributed by atoms with Crippen LogP contribution in [0.2, 0.25) is 0 Å². The molecule has 0 saturated heterocycles. The molecule has 2 aromatic rings. The molecule has 2 rings (SSSR count). The number of benzene rings is 1. The predicted octanol–water partition coefficient (Wildman–Crippen LogP) is 3.47. The van der Waals surface area contributed by atoms with Crippen molar-refractivity contribution in [2.24, 2.45) is 0 Å². The Hall–Kier alpha value is -1.47. The summed E-state index contributed by atoms with van der Waals surface area (Å²) in [5, 5.41) is 10.9. The van der Waals surface area contributed by atoms with E-state index in [4.69, 9.17) is 12.2 Å². The van der Waals surface area contributed by atoms with Crippen molar-refractivity contribution in [3.05, 3.63) is 46.4 Å². The van der Waals surface area contributed by atoms with Crippen molar-refractivity contribution in [1.82, 2.24) is 15.1 Å². The molecule has 0 radical (unpaired) electrons. The first kappa shape index (κ1) is 15.9. The van der Waals surface area contributed by atoms with E-state index >= 15 is 0 Å². The van der Waals surface area contributed by atoms with Crippen molar-refractivity contribution in [1.29, 1.82) is 0 Å². The van der Waals surface area contributed by atoms with Crippen molar-refractivity contribution in [3.8, 4) is 0 Å². The van der Waals surface area contributed by atoms with Crippen LogP contribution in [0.3, 0.4) is 0 Å². The van der Waals surface area contributed by atoms with Gasteiger partial charge in [0.2, 0.25) is 0 Å². The molecule has 0 saturated carbocycles. The van der Waals surface area contributed by atoms with Gasteiger partial charge < -0.3 is 10.6 Å². The molecule has 7 heteroatoms. The zero-order valence-electron chi connectivity index (χ0n) is 11.6. The quantitative estimate of drug-likeness (QED) is 0.624. The second-order valence-corrected chi connectivity index (χ2v) is 5.83. The Morgan fingerprint density at radius 3 is 2.95 bits per heavy atom. The predicted molar refractivity (Wildman–Crippen MR) is 89.9 cm³/mol. The number of halogens is 2. The summed E-state index contributed by atoms with van der Waals surface area (Å²) in [4.78, 5) is 0. The number of hydrogen-bond acceptors (Lipinski definition) is 2. The molecule has 1 aromatic carbocycles. The molecule has 0 spiro atoms. The van der Waals surface area contributed by atoms with E-state index in [1.54, 1.807) is 12.1 Å². The third kappa shape index (κ3) is 5.09. The van der Waals surface area contributed by atoms with Crippen LogP contribution in [0.25, 0.3) is 0 Å². The highest BCUT2D eigenvalue weighted by Gasteiger charge is 2.02. The van der Waals surface area contributed by atoms with Gasteiger partial charge in [-0.15, -0.1) is 0 Å². The van der Waals surface area contributed by atoms with Gasteiger partial charge in [-0.3, -0.25) is 4.68 Å². The first-order valence-corrected chi connectivity index (χ1v) is 7.74. The Labute approximate surface area is 136 Å². The molecule has 2 N–H and O–H groups in total. The molecule has 21 heavy (non-hydrogen) atoms. The third-order valence-electron chi connectivity index (χ3n) is 2.82. The largest absolute Gasteiger partial charge is 0.362 e. The second-order valence-electron chi connectivity index (χ2n) is 4.57. The van der Waals surface area contributed by atoms with Gasteiger partial charge in [0.25, 0.3) is 0 Å². The van der Waals surface area contributed by atoms with Crippen LogP contribution >= 0.6 is 28.1 Å². The zero-order chi connectivity index (χ0) is 15.2.